The average Bonchev–Trinajstić information content (AvgIpc) is 2.46. The molecule has 12 heavy (non-hydrogen) atoms. The van der Waals surface area contributed by atoms with Gasteiger partial charge in [-0.3, -0.25) is 0 Å². The van der Waals surface area contributed by atoms with E-state index in [4.69, 9.17) is 4.55 Å². The van der Waals surface area contributed by atoms with Gasteiger partial charge in [0.15, 0.2) is 11.1 Å². The molecule has 0 spiro atoms. The second-order valence-electron chi connectivity index (χ2n) is 2.10. The fourth-order valence-electron chi connectivity index (χ4n) is 0.851. The molecule has 2 rings (SSSR count). The summed E-state index contributed by atoms with van der Waals surface area (Å²) >= 11 is -0.707. The highest BCUT2D eigenvalue weighted by Crippen LogP contribution is 2.24. The molecule has 0 radical (unpaired) electrons. The van der Waals surface area contributed by atoms with Crippen LogP contribution in [0.4, 0.5) is 0 Å². The van der Waals surface area contributed by atoms with Crippen LogP contribution >= 0.6 is 11.3 Å². The summed E-state index contributed by atoms with van der Waals surface area (Å²) in [5.74, 6) is 0. The van der Waals surface area contributed by atoms with Gasteiger partial charge in [-0.25, -0.2) is 14.2 Å². The molecule has 1 atom stereocenters. The van der Waals surface area contributed by atoms with Gasteiger partial charge in [0.2, 0.25) is 0 Å². The lowest BCUT2D eigenvalue weighted by Gasteiger charge is -1.81. The minimum atomic E-state index is -1.91. The first-order valence-electron chi connectivity index (χ1n) is 3.08. The number of nitrogens with zero attached hydrogens (tertiary/aromatic N) is 2. The summed E-state index contributed by atoms with van der Waals surface area (Å²) in [5, 5.41) is 0.805. The Morgan fingerprint density at radius 3 is 3.08 bits per heavy atom. The van der Waals surface area contributed by atoms with Gasteiger partial charge in [-0.15, -0.1) is 11.3 Å². The van der Waals surface area contributed by atoms with Gasteiger partial charge in [-0.05, 0) is 6.07 Å². The summed E-state index contributed by atoms with van der Waals surface area (Å²) < 4.78 is 19.8. The Morgan fingerprint density at radius 2 is 2.42 bits per heavy atom. The molecular weight excluding hydrogens is 196 g/mol. The predicted octanol–water partition coefficient (Wildman–Crippen LogP) is 1.27. The zero-order valence-electron chi connectivity index (χ0n) is 5.80. The van der Waals surface area contributed by atoms with E-state index in [1.54, 1.807) is 12.3 Å². The van der Waals surface area contributed by atoms with Crippen molar-refractivity contribution in [2.24, 2.45) is 0 Å². The molecule has 0 fully saturated rings. The molecule has 62 valence electrons. The molecule has 1 N–H and O–H groups in total. The van der Waals surface area contributed by atoms with Crippen LogP contribution in [0, 0.1) is 0 Å². The van der Waals surface area contributed by atoms with Crippen LogP contribution in [0.1, 0.15) is 0 Å². The van der Waals surface area contributed by atoms with E-state index in [0.717, 1.165) is 10.2 Å². The van der Waals surface area contributed by atoms with E-state index < -0.39 is 11.1 Å². The van der Waals surface area contributed by atoms with Crippen LogP contribution in [-0.4, -0.2) is 18.7 Å². The maximum atomic E-state index is 10.6. The number of aromatic nitrogens is 2. The zero-order chi connectivity index (χ0) is 8.55. The highest BCUT2D eigenvalue weighted by Gasteiger charge is 2.06. The maximum absolute atomic E-state index is 10.6. The second-order valence-corrected chi connectivity index (χ2v) is 4.33. The Morgan fingerprint density at radius 1 is 1.58 bits per heavy atom. The van der Waals surface area contributed by atoms with Crippen molar-refractivity contribution >= 4 is 32.6 Å². The fourth-order valence-corrected chi connectivity index (χ4v) is 2.31. The maximum Gasteiger partial charge on any atom is 0.196 e. The lowest BCUT2D eigenvalue weighted by molar-refractivity contribution is 0.566. The number of hydrogen-bond acceptors (Lipinski definition) is 4. The topological polar surface area (TPSA) is 63.1 Å². The standard InChI is InChI=1S/C6H4N2O2S2/c9-12(10)5-1-4-2-7-3-8-6(4)11-5/h1-3H,(H,9,10). The second kappa shape index (κ2) is 2.89. The van der Waals surface area contributed by atoms with Crippen LogP contribution in [0.5, 0.6) is 0 Å². The SMILES string of the molecule is O=S(O)c1cc2cncnc2s1. The average molecular weight is 200 g/mol. The number of hydrogen-bond donors (Lipinski definition) is 1. The van der Waals surface area contributed by atoms with Crippen molar-refractivity contribution in [3.8, 4) is 0 Å². The first-order valence-corrected chi connectivity index (χ1v) is 5.00. The van der Waals surface area contributed by atoms with E-state index in [-0.39, 0.29) is 0 Å². The monoisotopic (exact) mass is 200 g/mol. The molecule has 4 nitrogen and oxygen atoms in total. The number of fused-ring (bicyclic) bond motifs is 1. The summed E-state index contributed by atoms with van der Waals surface area (Å²) in [6, 6.07) is 1.62. The minimum Gasteiger partial charge on any atom is -0.302 e. The third-order valence-electron chi connectivity index (χ3n) is 1.34. The third kappa shape index (κ3) is 1.24. The summed E-state index contributed by atoms with van der Waals surface area (Å²) in [7, 11) is 0. The molecule has 0 aliphatic rings. The van der Waals surface area contributed by atoms with Crippen LogP contribution in [-0.2, 0) is 11.1 Å². The molecule has 0 aromatic carbocycles. The van der Waals surface area contributed by atoms with E-state index in [1.807, 2.05) is 0 Å². The highest BCUT2D eigenvalue weighted by atomic mass is 32.2. The quantitative estimate of drug-likeness (QED) is 0.704. The van der Waals surface area contributed by atoms with E-state index in [9.17, 15) is 4.21 Å². The minimum absolute atomic E-state index is 0.408. The molecule has 0 bridgehead atoms. The van der Waals surface area contributed by atoms with Crippen LogP contribution < -0.4 is 0 Å². The van der Waals surface area contributed by atoms with Crippen molar-refractivity contribution in [2.75, 3.05) is 0 Å². The summed E-state index contributed by atoms with van der Waals surface area (Å²) in [5.41, 5.74) is 0. The molecule has 2 heterocycles. The van der Waals surface area contributed by atoms with Crippen molar-refractivity contribution in [1.82, 2.24) is 9.97 Å². The summed E-state index contributed by atoms with van der Waals surface area (Å²) in [6.45, 7) is 0. The van der Waals surface area contributed by atoms with Crippen molar-refractivity contribution in [2.45, 2.75) is 4.21 Å². The molecule has 0 saturated heterocycles. The molecule has 0 aliphatic heterocycles. The van der Waals surface area contributed by atoms with Crippen molar-refractivity contribution in [3.63, 3.8) is 0 Å². The Bertz CT molecular complexity index is 407. The Kier molecular flexibility index (Phi) is 1.87. The molecular formula is C6H4N2O2S2. The Labute approximate surface area is 74.6 Å². The van der Waals surface area contributed by atoms with Crippen molar-refractivity contribution in [1.29, 1.82) is 0 Å². The molecule has 0 saturated carbocycles. The van der Waals surface area contributed by atoms with E-state index in [0.29, 0.717) is 4.21 Å². The van der Waals surface area contributed by atoms with Crippen LogP contribution in [0.3, 0.4) is 0 Å². The van der Waals surface area contributed by atoms with E-state index >= 15 is 0 Å². The molecule has 0 aliphatic carbocycles. The molecule has 0 amide bonds. The van der Waals surface area contributed by atoms with Gasteiger partial charge >= 0.3 is 0 Å². The predicted molar refractivity (Wildman–Crippen MR) is 46.5 cm³/mol. The molecule has 2 aromatic rings. The summed E-state index contributed by atoms with van der Waals surface area (Å²) in [4.78, 5) is 8.48. The smallest absolute Gasteiger partial charge is 0.196 e. The van der Waals surface area contributed by atoms with Gasteiger partial charge in [-0.2, -0.15) is 0 Å². The molecule has 2 aromatic heterocycles. The van der Waals surface area contributed by atoms with Gasteiger partial charge in [0, 0.05) is 11.6 Å². The number of rotatable bonds is 1. The summed E-state index contributed by atoms with van der Waals surface area (Å²) in [6.07, 6.45) is 3.04. The fraction of sp³-hybridized carbons (Fsp3) is 0. The highest BCUT2D eigenvalue weighted by molar-refractivity contribution is 7.82. The number of thiophene rings is 1. The largest absolute Gasteiger partial charge is 0.302 e. The first kappa shape index (κ1) is 7.78. The van der Waals surface area contributed by atoms with Gasteiger partial charge < -0.3 is 4.55 Å². The van der Waals surface area contributed by atoms with Crippen LogP contribution in [0.15, 0.2) is 22.8 Å². The first-order chi connectivity index (χ1) is 5.77. The Hall–Kier alpha value is -0.850. The van der Waals surface area contributed by atoms with Crippen molar-refractivity contribution in [3.05, 3.63) is 18.6 Å². The lowest BCUT2D eigenvalue weighted by atomic mass is 10.4. The normalized spacial score (nSPS) is 13.4. The van der Waals surface area contributed by atoms with Crippen molar-refractivity contribution < 1.29 is 8.76 Å². The lowest BCUT2D eigenvalue weighted by Crippen LogP contribution is -1.79. The van der Waals surface area contributed by atoms with Gasteiger partial charge in [0.05, 0.1) is 0 Å². The molecule has 1 unspecified atom stereocenters. The van der Waals surface area contributed by atoms with Crippen LogP contribution in [0.25, 0.3) is 10.2 Å². The van der Waals surface area contributed by atoms with Gasteiger partial charge in [0.1, 0.15) is 15.4 Å². The van der Waals surface area contributed by atoms with Gasteiger partial charge in [0.25, 0.3) is 0 Å². The zero-order valence-corrected chi connectivity index (χ0v) is 7.43. The van der Waals surface area contributed by atoms with E-state index in [2.05, 4.69) is 9.97 Å². The van der Waals surface area contributed by atoms with Crippen LogP contribution in [0.2, 0.25) is 0 Å². The van der Waals surface area contributed by atoms with Gasteiger partial charge in [-0.1, -0.05) is 0 Å². The van der Waals surface area contributed by atoms with E-state index in [1.165, 1.54) is 17.7 Å². The third-order valence-corrected chi connectivity index (χ3v) is 3.34. The Balaban J connectivity index is 2.70. The molecule has 6 heteroatoms.